The molecule has 0 bridgehead atoms. The van der Waals surface area contributed by atoms with Crippen LogP contribution in [0.3, 0.4) is 0 Å². The van der Waals surface area contributed by atoms with Crippen molar-refractivity contribution in [1.29, 1.82) is 0 Å². The lowest BCUT2D eigenvalue weighted by molar-refractivity contribution is 0.0600. The highest BCUT2D eigenvalue weighted by Crippen LogP contribution is 2.44. The van der Waals surface area contributed by atoms with Crippen LogP contribution >= 0.6 is 0 Å². The van der Waals surface area contributed by atoms with Crippen LogP contribution in [0.2, 0.25) is 0 Å². The van der Waals surface area contributed by atoms with Gasteiger partial charge in [0, 0.05) is 31.9 Å². The molecule has 2 heterocycles. The molecule has 2 amide bonds. The van der Waals surface area contributed by atoms with Gasteiger partial charge in [-0.2, -0.15) is 0 Å². The van der Waals surface area contributed by atoms with Gasteiger partial charge < -0.3 is 20.5 Å². The van der Waals surface area contributed by atoms with Gasteiger partial charge in [0.1, 0.15) is 12.4 Å². The normalized spacial score (nSPS) is 19.4. The first kappa shape index (κ1) is 24.6. The van der Waals surface area contributed by atoms with Crippen molar-refractivity contribution in [3.8, 4) is 5.75 Å². The first-order valence-electron chi connectivity index (χ1n) is 12.9. The summed E-state index contributed by atoms with van der Waals surface area (Å²) in [6, 6.07) is 11.5. The number of nitrogens with one attached hydrogen (secondary N) is 1. The van der Waals surface area contributed by atoms with Gasteiger partial charge in [-0.1, -0.05) is 6.07 Å². The van der Waals surface area contributed by atoms with Gasteiger partial charge in [-0.05, 0) is 85.5 Å². The van der Waals surface area contributed by atoms with Gasteiger partial charge in [0.15, 0.2) is 0 Å². The molecule has 0 radical (unpaired) electrons. The minimum atomic E-state index is -0.382. The van der Waals surface area contributed by atoms with Gasteiger partial charge in [-0.25, -0.2) is 9.59 Å². The molecule has 2 aromatic rings. The molecule has 8 nitrogen and oxygen atoms in total. The van der Waals surface area contributed by atoms with E-state index in [1.54, 1.807) is 29.2 Å². The minimum Gasteiger partial charge on any atom is -0.492 e. The number of aryl methyl sites for hydroxylation is 1. The second-order valence-electron chi connectivity index (χ2n) is 10.3. The largest absolute Gasteiger partial charge is 0.492 e. The van der Waals surface area contributed by atoms with Crippen LogP contribution in [0, 0.1) is 6.92 Å². The zero-order chi connectivity index (χ0) is 25.3. The monoisotopic (exact) mass is 492 g/mol. The Balaban J connectivity index is 1.24. The Kier molecular flexibility index (Phi) is 6.90. The smallest absolute Gasteiger partial charge is 0.337 e. The number of benzene rings is 2. The predicted octanol–water partition coefficient (Wildman–Crippen LogP) is 3.56. The van der Waals surface area contributed by atoms with E-state index in [2.05, 4.69) is 29.3 Å². The standard InChI is InChI=1S/C28H36N4O4/c1-19-15-24(20-3-4-20)22(16-25(19)36-14-11-29)17-31-12-9-28(10-13-31)18-32(27(34)30-28)23-7-5-21(6-8-23)26(33)35-2/h5-8,15-16,20H,3-4,9-14,17-18,29H2,1-2H3,(H,30,34). The molecule has 3 fully saturated rings. The van der Waals surface area contributed by atoms with Crippen molar-refractivity contribution in [2.45, 2.75) is 50.6 Å². The number of nitrogens with two attached hydrogens (primary N) is 1. The van der Waals surface area contributed by atoms with Crippen LogP contribution < -0.4 is 20.7 Å². The van der Waals surface area contributed by atoms with E-state index in [1.807, 2.05) is 0 Å². The van der Waals surface area contributed by atoms with Crippen molar-refractivity contribution in [2.75, 3.05) is 44.8 Å². The molecule has 1 spiro atoms. The van der Waals surface area contributed by atoms with Crippen LogP contribution in [-0.2, 0) is 11.3 Å². The summed E-state index contributed by atoms with van der Waals surface area (Å²) in [7, 11) is 1.36. The number of anilines is 1. The Bertz CT molecular complexity index is 1120. The van der Waals surface area contributed by atoms with Crippen LogP contribution in [-0.4, -0.2) is 62.3 Å². The van der Waals surface area contributed by atoms with Crippen molar-refractivity contribution in [3.63, 3.8) is 0 Å². The van der Waals surface area contributed by atoms with E-state index in [9.17, 15) is 9.59 Å². The summed E-state index contributed by atoms with van der Waals surface area (Å²) >= 11 is 0. The number of likely N-dealkylation sites (tertiary alicyclic amines) is 1. The molecule has 0 atom stereocenters. The van der Waals surface area contributed by atoms with Crippen LogP contribution in [0.1, 0.15) is 58.6 Å². The fraction of sp³-hybridized carbons (Fsp3) is 0.500. The summed E-state index contributed by atoms with van der Waals surface area (Å²) in [6.07, 6.45) is 4.33. The van der Waals surface area contributed by atoms with Gasteiger partial charge in [-0.3, -0.25) is 9.80 Å². The Hall–Kier alpha value is -3.10. The van der Waals surface area contributed by atoms with Crippen LogP contribution in [0.5, 0.6) is 5.75 Å². The second kappa shape index (κ2) is 10.1. The third-order valence-electron chi connectivity index (χ3n) is 7.71. The van der Waals surface area contributed by atoms with Crippen molar-refractivity contribution in [1.82, 2.24) is 10.2 Å². The lowest BCUT2D eigenvalue weighted by Crippen LogP contribution is -2.52. The topological polar surface area (TPSA) is 97.1 Å². The SMILES string of the molecule is COC(=O)c1ccc(N2CC3(CCN(Cc4cc(OCCN)c(C)cc4C4CC4)CC3)NC2=O)cc1. The van der Waals surface area contributed by atoms with E-state index in [1.165, 1.54) is 36.6 Å². The minimum absolute atomic E-state index is 0.0782. The number of methoxy groups -OCH3 is 1. The number of ether oxygens (including phenoxy) is 2. The number of carbonyl (C=O) groups is 2. The number of hydrogen-bond donors (Lipinski definition) is 2. The highest BCUT2D eigenvalue weighted by atomic mass is 16.5. The number of piperidine rings is 1. The van der Waals surface area contributed by atoms with Gasteiger partial charge in [-0.15, -0.1) is 0 Å². The number of urea groups is 1. The van der Waals surface area contributed by atoms with E-state index >= 15 is 0 Å². The molecule has 2 saturated heterocycles. The highest BCUT2D eigenvalue weighted by molar-refractivity contribution is 5.96. The number of nitrogens with zero attached hydrogens (tertiary/aromatic N) is 2. The third kappa shape index (κ3) is 5.06. The van der Waals surface area contributed by atoms with Crippen molar-refractivity contribution < 1.29 is 19.1 Å². The summed E-state index contributed by atoms with van der Waals surface area (Å²) in [6.45, 7) is 6.52. The zero-order valence-corrected chi connectivity index (χ0v) is 21.2. The van der Waals surface area contributed by atoms with E-state index < -0.39 is 0 Å². The van der Waals surface area contributed by atoms with Gasteiger partial charge in [0.05, 0.1) is 24.8 Å². The molecule has 0 unspecified atom stereocenters. The Morgan fingerprint density at radius 2 is 1.89 bits per heavy atom. The molecule has 36 heavy (non-hydrogen) atoms. The molecule has 0 aromatic heterocycles. The molecule has 8 heteroatoms. The summed E-state index contributed by atoms with van der Waals surface area (Å²) in [5, 5.41) is 3.27. The van der Waals surface area contributed by atoms with E-state index in [-0.39, 0.29) is 17.5 Å². The summed E-state index contributed by atoms with van der Waals surface area (Å²) < 4.78 is 10.7. The fourth-order valence-corrected chi connectivity index (χ4v) is 5.46. The maximum absolute atomic E-state index is 12.9. The zero-order valence-electron chi connectivity index (χ0n) is 21.2. The van der Waals surface area contributed by atoms with E-state index in [0.717, 1.165) is 43.9 Å². The van der Waals surface area contributed by atoms with E-state index in [0.29, 0.717) is 31.2 Å². The Morgan fingerprint density at radius 1 is 1.17 bits per heavy atom. The molecule has 3 aliphatic rings. The molecule has 3 N–H and O–H groups in total. The van der Waals surface area contributed by atoms with Gasteiger partial charge >= 0.3 is 12.0 Å². The molecule has 2 aliphatic heterocycles. The number of rotatable bonds is 8. The molecule has 2 aromatic carbocycles. The number of esters is 1. The maximum Gasteiger partial charge on any atom is 0.337 e. The molecule has 192 valence electrons. The van der Waals surface area contributed by atoms with Crippen LogP contribution in [0.4, 0.5) is 10.5 Å². The lowest BCUT2D eigenvalue weighted by Gasteiger charge is -2.39. The molecule has 1 saturated carbocycles. The highest BCUT2D eigenvalue weighted by Gasteiger charge is 2.45. The molecular weight excluding hydrogens is 456 g/mol. The number of hydrogen-bond acceptors (Lipinski definition) is 6. The van der Waals surface area contributed by atoms with Crippen molar-refractivity contribution in [2.24, 2.45) is 5.73 Å². The Morgan fingerprint density at radius 3 is 2.53 bits per heavy atom. The number of amides is 2. The average Bonchev–Trinajstić information content (AvgIpc) is 3.69. The first-order valence-corrected chi connectivity index (χ1v) is 12.9. The first-order chi connectivity index (χ1) is 17.4. The predicted molar refractivity (Wildman–Crippen MR) is 139 cm³/mol. The van der Waals surface area contributed by atoms with Gasteiger partial charge in [0.25, 0.3) is 0 Å². The van der Waals surface area contributed by atoms with Gasteiger partial charge in [0.2, 0.25) is 0 Å². The summed E-state index contributed by atoms with van der Waals surface area (Å²) in [5.74, 6) is 1.23. The quantitative estimate of drug-likeness (QED) is 0.547. The average molecular weight is 493 g/mol. The third-order valence-corrected chi connectivity index (χ3v) is 7.71. The summed E-state index contributed by atoms with van der Waals surface area (Å²) in [4.78, 5) is 28.9. The Labute approximate surface area is 212 Å². The van der Waals surface area contributed by atoms with Crippen LogP contribution in [0.25, 0.3) is 0 Å². The fourth-order valence-electron chi connectivity index (χ4n) is 5.46. The lowest BCUT2D eigenvalue weighted by atomic mass is 9.87. The van der Waals surface area contributed by atoms with Crippen molar-refractivity contribution in [3.05, 3.63) is 58.7 Å². The van der Waals surface area contributed by atoms with Crippen molar-refractivity contribution >= 4 is 17.7 Å². The number of carbonyl (C=O) groups excluding carboxylic acids is 2. The van der Waals surface area contributed by atoms with E-state index in [4.69, 9.17) is 15.2 Å². The molecular formula is C28H36N4O4. The second-order valence-corrected chi connectivity index (χ2v) is 10.3. The maximum atomic E-state index is 12.9. The molecule has 5 rings (SSSR count). The molecule has 1 aliphatic carbocycles. The van der Waals surface area contributed by atoms with Crippen LogP contribution in [0.15, 0.2) is 36.4 Å². The summed E-state index contributed by atoms with van der Waals surface area (Å²) in [5.41, 5.74) is 10.7.